The Hall–Kier alpha value is -2.78. The Labute approximate surface area is 219 Å². The molecule has 0 aliphatic rings. The molecule has 0 unspecified atom stereocenters. The zero-order chi connectivity index (χ0) is 26.9. The van der Waals surface area contributed by atoms with Crippen molar-refractivity contribution in [3.63, 3.8) is 0 Å². The van der Waals surface area contributed by atoms with Gasteiger partial charge in [-0.1, -0.05) is 36.7 Å². The third-order valence-corrected chi connectivity index (χ3v) is 7.01. The maximum absolute atomic E-state index is 13.4. The fraction of sp³-hybridized carbons (Fsp3) is 0.462. The number of methoxy groups -OCH3 is 1. The topological polar surface area (TPSA) is 96.0 Å². The van der Waals surface area contributed by atoms with E-state index >= 15 is 0 Å². The average molecular weight is 538 g/mol. The molecule has 1 atom stereocenters. The molecule has 0 spiro atoms. The molecule has 2 aromatic carbocycles. The van der Waals surface area contributed by atoms with Crippen molar-refractivity contribution in [1.29, 1.82) is 0 Å². The van der Waals surface area contributed by atoms with E-state index in [1.165, 1.54) is 4.31 Å². The van der Waals surface area contributed by atoms with Gasteiger partial charge in [0.05, 0.1) is 19.1 Å². The van der Waals surface area contributed by atoms with E-state index in [0.717, 1.165) is 11.8 Å². The smallest absolute Gasteiger partial charge is 0.243 e. The lowest BCUT2D eigenvalue weighted by molar-refractivity contribution is -0.141. The standard InChI is InChI=1S/C26H36ClN3O5S/c1-6-24(26(32)28-19(2)3)29(18-20-12-14-23(35-4)15-13-20)25(31)11-8-16-30(36(5,33)34)22-10-7-9-21(27)17-22/h7,9-10,12-15,17,19,24H,6,8,11,16,18H2,1-5H3,(H,28,32)/t24-/m0/s1. The number of carbonyl (C=O) groups excluding carboxylic acids is 2. The van der Waals surface area contributed by atoms with E-state index in [1.54, 1.807) is 36.3 Å². The third-order valence-electron chi connectivity index (χ3n) is 5.58. The van der Waals surface area contributed by atoms with Crippen molar-refractivity contribution in [3.05, 3.63) is 59.1 Å². The molecule has 0 aliphatic heterocycles. The highest BCUT2D eigenvalue weighted by atomic mass is 35.5. The number of carbonyl (C=O) groups is 2. The maximum Gasteiger partial charge on any atom is 0.243 e. The van der Waals surface area contributed by atoms with Gasteiger partial charge in [0, 0.05) is 30.6 Å². The van der Waals surface area contributed by atoms with Gasteiger partial charge in [-0.25, -0.2) is 8.42 Å². The van der Waals surface area contributed by atoms with Crippen LogP contribution in [0.2, 0.25) is 5.02 Å². The van der Waals surface area contributed by atoms with Crippen LogP contribution in [0.3, 0.4) is 0 Å². The summed E-state index contributed by atoms with van der Waals surface area (Å²) in [5, 5.41) is 3.32. The molecule has 2 rings (SSSR count). The first-order valence-electron chi connectivity index (χ1n) is 11.9. The van der Waals surface area contributed by atoms with Crippen LogP contribution in [0.1, 0.15) is 45.6 Å². The molecule has 0 fully saturated rings. The van der Waals surface area contributed by atoms with Crippen LogP contribution in [-0.2, 0) is 26.2 Å². The average Bonchev–Trinajstić information content (AvgIpc) is 2.80. The van der Waals surface area contributed by atoms with Gasteiger partial charge in [0.2, 0.25) is 21.8 Å². The zero-order valence-electron chi connectivity index (χ0n) is 21.5. The van der Waals surface area contributed by atoms with Crippen LogP contribution in [0.25, 0.3) is 0 Å². The summed E-state index contributed by atoms with van der Waals surface area (Å²) in [5.74, 6) is 0.255. The molecule has 0 saturated carbocycles. The largest absolute Gasteiger partial charge is 0.497 e. The van der Waals surface area contributed by atoms with Crippen molar-refractivity contribution >= 4 is 39.1 Å². The van der Waals surface area contributed by atoms with Crippen molar-refractivity contribution in [2.24, 2.45) is 0 Å². The molecular formula is C26H36ClN3O5S. The summed E-state index contributed by atoms with van der Waals surface area (Å²) < 4.78 is 31.3. The molecule has 8 nitrogen and oxygen atoms in total. The lowest BCUT2D eigenvalue weighted by Gasteiger charge is -2.31. The van der Waals surface area contributed by atoms with Crippen LogP contribution < -0.4 is 14.4 Å². The number of sulfonamides is 1. The molecule has 0 aromatic heterocycles. The highest BCUT2D eigenvalue weighted by Crippen LogP contribution is 2.23. The molecule has 0 heterocycles. The van der Waals surface area contributed by atoms with Gasteiger partial charge in [-0.2, -0.15) is 0 Å². The van der Waals surface area contributed by atoms with Crippen LogP contribution in [0.4, 0.5) is 5.69 Å². The monoisotopic (exact) mass is 537 g/mol. The number of halogens is 1. The van der Waals surface area contributed by atoms with Gasteiger partial charge < -0.3 is 15.0 Å². The number of amides is 2. The molecule has 1 N–H and O–H groups in total. The lowest BCUT2D eigenvalue weighted by Crippen LogP contribution is -2.50. The molecule has 0 aliphatic carbocycles. The molecular weight excluding hydrogens is 502 g/mol. The number of anilines is 1. The van der Waals surface area contributed by atoms with Gasteiger partial charge in [-0.05, 0) is 62.6 Å². The van der Waals surface area contributed by atoms with Gasteiger partial charge in [-0.3, -0.25) is 13.9 Å². The van der Waals surface area contributed by atoms with Gasteiger partial charge in [0.15, 0.2) is 0 Å². The molecule has 0 radical (unpaired) electrons. The Kier molecular flexibility index (Phi) is 11.0. The minimum Gasteiger partial charge on any atom is -0.497 e. The van der Waals surface area contributed by atoms with E-state index in [1.807, 2.05) is 45.0 Å². The van der Waals surface area contributed by atoms with Gasteiger partial charge in [-0.15, -0.1) is 0 Å². The summed E-state index contributed by atoms with van der Waals surface area (Å²) in [7, 11) is -2.00. The Bertz CT molecular complexity index is 1120. The Morgan fingerprint density at radius 3 is 2.31 bits per heavy atom. The quantitative estimate of drug-likeness (QED) is 0.412. The number of benzene rings is 2. The Morgan fingerprint density at radius 2 is 1.78 bits per heavy atom. The summed E-state index contributed by atoms with van der Waals surface area (Å²) in [4.78, 5) is 27.9. The number of hydrogen-bond donors (Lipinski definition) is 1. The molecule has 0 saturated heterocycles. The van der Waals surface area contributed by atoms with E-state index in [-0.39, 0.29) is 43.8 Å². The van der Waals surface area contributed by atoms with Crippen molar-refractivity contribution < 1.29 is 22.7 Å². The SMILES string of the molecule is CC[C@@H](C(=O)NC(C)C)N(Cc1ccc(OC)cc1)C(=O)CCCN(c1cccc(Cl)c1)S(C)(=O)=O. The molecule has 0 bridgehead atoms. The van der Waals surface area contributed by atoms with Gasteiger partial charge in [0.25, 0.3) is 0 Å². The maximum atomic E-state index is 13.4. The summed E-state index contributed by atoms with van der Waals surface area (Å²) >= 11 is 6.05. The van der Waals surface area contributed by atoms with Crippen molar-refractivity contribution in [2.75, 3.05) is 24.2 Å². The highest BCUT2D eigenvalue weighted by molar-refractivity contribution is 7.92. The van der Waals surface area contributed by atoms with Crippen molar-refractivity contribution in [3.8, 4) is 5.75 Å². The van der Waals surface area contributed by atoms with E-state index in [4.69, 9.17) is 16.3 Å². The fourth-order valence-corrected chi connectivity index (χ4v) is 5.00. The molecule has 2 amide bonds. The van der Waals surface area contributed by atoms with E-state index in [2.05, 4.69) is 5.32 Å². The fourth-order valence-electron chi connectivity index (χ4n) is 3.86. The minimum absolute atomic E-state index is 0.0643. The minimum atomic E-state index is -3.58. The summed E-state index contributed by atoms with van der Waals surface area (Å²) in [6, 6.07) is 13.2. The number of nitrogens with zero attached hydrogens (tertiary/aromatic N) is 2. The number of nitrogens with one attached hydrogen (secondary N) is 1. The molecule has 198 valence electrons. The number of ether oxygens (including phenoxy) is 1. The van der Waals surface area contributed by atoms with Crippen molar-refractivity contribution in [2.45, 2.75) is 58.7 Å². The normalized spacial score (nSPS) is 12.2. The van der Waals surface area contributed by atoms with Crippen LogP contribution in [0, 0.1) is 0 Å². The van der Waals surface area contributed by atoms with E-state index in [9.17, 15) is 18.0 Å². The van der Waals surface area contributed by atoms with Gasteiger partial charge in [0.1, 0.15) is 11.8 Å². The first kappa shape index (κ1) is 29.5. The van der Waals surface area contributed by atoms with Crippen LogP contribution in [0.15, 0.2) is 48.5 Å². The number of rotatable bonds is 13. The van der Waals surface area contributed by atoms with Crippen LogP contribution in [-0.4, -0.2) is 57.1 Å². The van der Waals surface area contributed by atoms with Gasteiger partial charge >= 0.3 is 0 Å². The lowest BCUT2D eigenvalue weighted by atomic mass is 10.1. The first-order valence-corrected chi connectivity index (χ1v) is 14.1. The second kappa shape index (κ2) is 13.5. The zero-order valence-corrected chi connectivity index (χ0v) is 23.1. The summed E-state index contributed by atoms with van der Waals surface area (Å²) in [6.07, 6.45) is 1.92. The summed E-state index contributed by atoms with van der Waals surface area (Å²) in [6.45, 7) is 5.96. The van der Waals surface area contributed by atoms with Crippen LogP contribution in [0.5, 0.6) is 5.75 Å². The Morgan fingerprint density at radius 1 is 1.11 bits per heavy atom. The predicted octanol–water partition coefficient (Wildman–Crippen LogP) is 4.23. The second-order valence-corrected chi connectivity index (χ2v) is 11.2. The molecule has 36 heavy (non-hydrogen) atoms. The number of hydrogen-bond acceptors (Lipinski definition) is 5. The predicted molar refractivity (Wildman–Crippen MR) is 144 cm³/mol. The second-order valence-electron chi connectivity index (χ2n) is 8.88. The highest BCUT2D eigenvalue weighted by Gasteiger charge is 2.29. The van der Waals surface area contributed by atoms with E-state index in [0.29, 0.717) is 22.9 Å². The van der Waals surface area contributed by atoms with Crippen LogP contribution >= 0.6 is 11.6 Å². The summed E-state index contributed by atoms with van der Waals surface area (Å²) in [5.41, 5.74) is 1.30. The van der Waals surface area contributed by atoms with E-state index < -0.39 is 16.1 Å². The third kappa shape index (κ3) is 8.71. The Balaban J connectivity index is 2.22. The first-order chi connectivity index (χ1) is 17.0. The molecule has 2 aromatic rings. The van der Waals surface area contributed by atoms with Crippen molar-refractivity contribution in [1.82, 2.24) is 10.2 Å². The molecule has 10 heteroatoms.